The van der Waals surface area contributed by atoms with Crippen LogP contribution >= 0.6 is 0 Å². The number of carbonyl (C=O) groups excluding carboxylic acids is 1. The van der Waals surface area contributed by atoms with Crippen LogP contribution in [-0.4, -0.2) is 16.4 Å². The normalized spacial score (nSPS) is 10.6. The molecule has 4 heteroatoms. The molecule has 0 saturated carbocycles. The highest BCUT2D eigenvalue weighted by Gasteiger charge is 2.19. The minimum atomic E-state index is -0.243. The summed E-state index contributed by atoms with van der Waals surface area (Å²) >= 11 is 0. The Morgan fingerprint density at radius 1 is 1.56 bits per heavy atom. The van der Waals surface area contributed by atoms with Crippen molar-refractivity contribution in [2.75, 3.05) is 0 Å². The summed E-state index contributed by atoms with van der Waals surface area (Å²) in [7, 11) is 0. The van der Waals surface area contributed by atoms with Gasteiger partial charge in [0.15, 0.2) is 0 Å². The average molecular weight is 217 g/mol. The fourth-order valence-electron chi connectivity index (χ4n) is 1.05. The van der Waals surface area contributed by atoms with Gasteiger partial charge in [0.25, 0.3) is 5.91 Å². The van der Waals surface area contributed by atoms with Gasteiger partial charge in [0.1, 0.15) is 11.8 Å². The summed E-state index contributed by atoms with van der Waals surface area (Å²) in [5, 5.41) is 11.5. The van der Waals surface area contributed by atoms with E-state index in [-0.39, 0.29) is 11.4 Å². The molecular weight excluding hydrogens is 202 g/mol. The van der Waals surface area contributed by atoms with E-state index < -0.39 is 0 Å². The summed E-state index contributed by atoms with van der Waals surface area (Å²) in [5.74, 6) is -0.212. The smallest absolute Gasteiger partial charge is 0.270 e. The van der Waals surface area contributed by atoms with Gasteiger partial charge in [-0.15, -0.1) is 0 Å². The largest absolute Gasteiger partial charge is 0.346 e. The molecule has 0 radical (unpaired) electrons. The molecule has 84 valence electrons. The number of nitrogens with zero attached hydrogens (tertiary/aromatic N) is 2. The van der Waals surface area contributed by atoms with E-state index in [0.29, 0.717) is 11.3 Å². The first-order chi connectivity index (χ1) is 7.48. The van der Waals surface area contributed by atoms with Crippen LogP contribution in [0.15, 0.2) is 18.3 Å². The van der Waals surface area contributed by atoms with Crippen molar-refractivity contribution in [2.45, 2.75) is 32.7 Å². The summed E-state index contributed by atoms with van der Waals surface area (Å²) in [5.41, 5.74) is 0.541. The molecule has 4 nitrogen and oxygen atoms in total. The number of rotatable bonds is 3. The minimum absolute atomic E-state index is 0.212. The first kappa shape index (κ1) is 12.2. The molecule has 0 spiro atoms. The molecule has 1 aromatic heterocycles. The van der Waals surface area contributed by atoms with Gasteiger partial charge >= 0.3 is 0 Å². The van der Waals surface area contributed by atoms with Crippen molar-refractivity contribution >= 4 is 5.91 Å². The van der Waals surface area contributed by atoms with Crippen LogP contribution in [0.1, 0.15) is 43.2 Å². The Morgan fingerprint density at radius 2 is 2.25 bits per heavy atom. The molecule has 0 saturated heterocycles. The predicted octanol–water partition coefficient (Wildman–Crippen LogP) is 1.87. The van der Waals surface area contributed by atoms with Crippen LogP contribution in [0.5, 0.6) is 0 Å². The van der Waals surface area contributed by atoms with Gasteiger partial charge in [-0.25, -0.2) is 4.98 Å². The second-order valence-corrected chi connectivity index (χ2v) is 4.24. The van der Waals surface area contributed by atoms with E-state index in [1.54, 1.807) is 12.1 Å². The van der Waals surface area contributed by atoms with E-state index in [2.05, 4.69) is 10.3 Å². The maximum Gasteiger partial charge on any atom is 0.270 e. The summed E-state index contributed by atoms with van der Waals surface area (Å²) in [6.07, 6.45) is 2.24. The third kappa shape index (κ3) is 3.06. The van der Waals surface area contributed by atoms with Crippen LogP contribution in [0.4, 0.5) is 0 Å². The average Bonchev–Trinajstić information content (AvgIpc) is 2.28. The number of nitriles is 1. The second-order valence-electron chi connectivity index (χ2n) is 4.24. The van der Waals surface area contributed by atoms with Crippen molar-refractivity contribution in [1.29, 1.82) is 5.26 Å². The molecule has 16 heavy (non-hydrogen) atoms. The van der Waals surface area contributed by atoms with Crippen molar-refractivity contribution in [1.82, 2.24) is 10.3 Å². The minimum Gasteiger partial charge on any atom is -0.346 e. The van der Waals surface area contributed by atoms with Gasteiger partial charge in [-0.05, 0) is 32.4 Å². The Bertz CT molecular complexity index is 415. The standard InChI is InChI=1S/C12H15N3O/c1-4-12(2,3)15-11(16)10-6-5-9(7-13)8-14-10/h5-6,8H,4H2,1-3H3,(H,15,16). The third-order valence-corrected chi connectivity index (χ3v) is 2.46. The number of pyridine rings is 1. The van der Waals surface area contributed by atoms with Crippen LogP contribution in [-0.2, 0) is 0 Å². The lowest BCUT2D eigenvalue weighted by atomic mass is 10.0. The Kier molecular flexibility index (Phi) is 3.62. The first-order valence-corrected chi connectivity index (χ1v) is 5.17. The molecule has 0 unspecified atom stereocenters. The molecule has 0 atom stereocenters. The number of hydrogen-bond acceptors (Lipinski definition) is 3. The monoisotopic (exact) mass is 217 g/mol. The van der Waals surface area contributed by atoms with Crippen molar-refractivity contribution in [3.05, 3.63) is 29.6 Å². The molecule has 0 aliphatic rings. The lowest BCUT2D eigenvalue weighted by molar-refractivity contribution is 0.0906. The molecule has 1 amide bonds. The van der Waals surface area contributed by atoms with Gasteiger partial charge in [0, 0.05) is 11.7 Å². The van der Waals surface area contributed by atoms with Gasteiger partial charge in [0.2, 0.25) is 0 Å². The maximum absolute atomic E-state index is 11.8. The van der Waals surface area contributed by atoms with Gasteiger partial charge in [0.05, 0.1) is 5.56 Å². The second kappa shape index (κ2) is 4.75. The van der Waals surface area contributed by atoms with Crippen LogP contribution < -0.4 is 5.32 Å². The lowest BCUT2D eigenvalue weighted by Crippen LogP contribution is -2.43. The molecule has 0 fully saturated rings. The lowest BCUT2D eigenvalue weighted by Gasteiger charge is -2.24. The number of carbonyl (C=O) groups is 1. The molecule has 1 rings (SSSR count). The summed E-state index contributed by atoms with van der Waals surface area (Å²) < 4.78 is 0. The van der Waals surface area contributed by atoms with E-state index in [1.807, 2.05) is 26.8 Å². The van der Waals surface area contributed by atoms with E-state index in [1.165, 1.54) is 6.20 Å². The van der Waals surface area contributed by atoms with Gasteiger partial charge in [-0.1, -0.05) is 6.92 Å². The first-order valence-electron chi connectivity index (χ1n) is 5.17. The highest BCUT2D eigenvalue weighted by atomic mass is 16.2. The Morgan fingerprint density at radius 3 is 2.69 bits per heavy atom. The number of aromatic nitrogens is 1. The zero-order chi connectivity index (χ0) is 12.2. The fraction of sp³-hybridized carbons (Fsp3) is 0.417. The van der Waals surface area contributed by atoms with Crippen LogP contribution in [0, 0.1) is 11.3 Å². The summed E-state index contributed by atoms with van der Waals surface area (Å²) in [6.45, 7) is 5.91. The van der Waals surface area contributed by atoms with Crippen LogP contribution in [0.3, 0.4) is 0 Å². The Balaban J connectivity index is 2.78. The Labute approximate surface area is 95.3 Å². The Hall–Kier alpha value is -1.89. The van der Waals surface area contributed by atoms with Crippen molar-refractivity contribution in [2.24, 2.45) is 0 Å². The van der Waals surface area contributed by atoms with Crippen LogP contribution in [0.25, 0.3) is 0 Å². The molecule has 0 aromatic carbocycles. The van der Waals surface area contributed by atoms with E-state index >= 15 is 0 Å². The zero-order valence-corrected chi connectivity index (χ0v) is 9.74. The van der Waals surface area contributed by atoms with E-state index in [9.17, 15) is 4.79 Å². The summed E-state index contributed by atoms with van der Waals surface area (Å²) in [4.78, 5) is 15.7. The number of hydrogen-bond donors (Lipinski definition) is 1. The van der Waals surface area contributed by atoms with E-state index in [0.717, 1.165) is 6.42 Å². The zero-order valence-electron chi connectivity index (χ0n) is 9.74. The van der Waals surface area contributed by atoms with E-state index in [4.69, 9.17) is 5.26 Å². The van der Waals surface area contributed by atoms with Crippen LogP contribution in [0.2, 0.25) is 0 Å². The SMILES string of the molecule is CCC(C)(C)NC(=O)c1ccc(C#N)cn1. The maximum atomic E-state index is 11.8. The van der Waals surface area contributed by atoms with Crippen molar-refractivity contribution in [3.63, 3.8) is 0 Å². The summed E-state index contributed by atoms with van der Waals surface area (Å²) in [6, 6.07) is 5.10. The third-order valence-electron chi connectivity index (χ3n) is 2.46. The van der Waals surface area contributed by atoms with Gasteiger partial charge in [-0.2, -0.15) is 5.26 Å². The molecule has 1 aromatic rings. The number of nitrogens with one attached hydrogen (secondary N) is 1. The molecular formula is C12H15N3O. The highest BCUT2D eigenvalue weighted by Crippen LogP contribution is 2.08. The fourth-order valence-corrected chi connectivity index (χ4v) is 1.05. The predicted molar refractivity (Wildman–Crippen MR) is 60.8 cm³/mol. The van der Waals surface area contributed by atoms with Gasteiger partial charge < -0.3 is 5.32 Å². The molecule has 0 bridgehead atoms. The molecule has 0 aliphatic heterocycles. The topological polar surface area (TPSA) is 65.8 Å². The molecule has 1 N–H and O–H groups in total. The molecule has 1 heterocycles. The van der Waals surface area contributed by atoms with Crippen molar-refractivity contribution in [3.8, 4) is 6.07 Å². The number of amides is 1. The van der Waals surface area contributed by atoms with Crippen molar-refractivity contribution < 1.29 is 4.79 Å². The van der Waals surface area contributed by atoms with Gasteiger partial charge in [-0.3, -0.25) is 4.79 Å². The highest BCUT2D eigenvalue weighted by molar-refractivity contribution is 5.92. The molecule has 0 aliphatic carbocycles. The quantitative estimate of drug-likeness (QED) is 0.840.